The average Bonchev–Trinajstić information content (AvgIpc) is 3.13. The number of anilines is 2. The van der Waals surface area contributed by atoms with Crippen molar-refractivity contribution in [1.82, 2.24) is 4.98 Å². The molecular weight excluding hydrogens is 383 g/mol. The number of para-hydroxylation sites is 2. The number of halogens is 3. The van der Waals surface area contributed by atoms with E-state index in [0.717, 1.165) is 11.6 Å². The third-order valence-corrected chi connectivity index (χ3v) is 5.23. The van der Waals surface area contributed by atoms with Gasteiger partial charge in [0.25, 0.3) is 6.01 Å². The normalized spacial score (nSPS) is 15.7. The second-order valence-electron chi connectivity index (χ2n) is 7.24. The molecular formula is C21H20F3N3O2. The lowest BCUT2D eigenvalue weighted by Gasteiger charge is -2.30. The maximum Gasteiger partial charge on any atom is 0.416 e. The van der Waals surface area contributed by atoms with Gasteiger partial charge < -0.3 is 14.6 Å². The fourth-order valence-corrected chi connectivity index (χ4v) is 3.58. The number of hydrogen-bond donors (Lipinski definition) is 1. The molecule has 0 saturated carbocycles. The summed E-state index contributed by atoms with van der Waals surface area (Å²) in [6, 6.07) is 11.9. The number of rotatable bonds is 3. The van der Waals surface area contributed by atoms with Crippen LogP contribution < -0.4 is 10.2 Å². The smallest absolute Gasteiger partial charge is 0.416 e. The number of aromatic nitrogens is 1. The van der Waals surface area contributed by atoms with Crippen LogP contribution in [-0.2, 0) is 11.0 Å². The first-order chi connectivity index (χ1) is 13.8. The molecule has 1 N–H and O–H groups in total. The molecule has 4 rings (SSSR count). The molecule has 0 aliphatic carbocycles. The first-order valence-electron chi connectivity index (χ1n) is 9.40. The summed E-state index contributed by atoms with van der Waals surface area (Å²) in [4.78, 5) is 19.0. The van der Waals surface area contributed by atoms with Crippen molar-refractivity contribution in [3.05, 3.63) is 53.6 Å². The van der Waals surface area contributed by atoms with E-state index in [2.05, 4.69) is 10.3 Å². The van der Waals surface area contributed by atoms with Crippen LogP contribution in [0.1, 0.15) is 24.0 Å². The van der Waals surface area contributed by atoms with Crippen molar-refractivity contribution in [2.45, 2.75) is 25.9 Å². The van der Waals surface area contributed by atoms with Crippen molar-refractivity contribution in [2.24, 2.45) is 5.92 Å². The van der Waals surface area contributed by atoms with Crippen LogP contribution in [-0.4, -0.2) is 24.0 Å². The molecule has 0 atom stereocenters. The Morgan fingerprint density at radius 2 is 1.90 bits per heavy atom. The highest BCUT2D eigenvalue weighted by Gasteiger charge is 2.33. The van der Waals surface area contributed by atoms with Gasteiger partial charge in [-0.05, 0) is 49.6 Å². The highest BCUT2D eigenvalue weighted by molar-refractivity contribution is 5.92. The minimum Gasteiger partial charge on any atom is -0.423 e. The van der Waals surface area contributed by atoms with E-state index in [1.54, 1.807) is 0 Å². The lowest BCUT2D eigenvalue weighted by atomic mass is 9.96. The number of benzene rings is 2. The topological polar surface area (TPSA) is 58.4 Å². The molecule has 1 aliphatic rings. The Labute approximate surface area is 165 Å². The SMILES string of the molecule is Cc1ccc(NC(=O)C2CCN(c3nc4ccccc4o3)CC2)cc1C(F)(F)F. The maximum atomic E-state index is 13.1. The van der Waals surface area contributed by atoms with Gasteiger partial charge in [-0.25, -0.2) is 0 Å². The number of nitrogens with zero attached hydrogens (tertiary/aromatic N) is 2. The Hall–Kier alpha value is -3.03. The van der Waals surface area contributed by atoms with Gasteiger partial charge in [0.1, 0.15) is 5.52 Å². The second-order valence-corrected chi connectivity index (χ2v) is 7.24. The molecule has 8 heteroatoms. The Morgan fingerprint density at radius 3 is 2.59 bits per heavy atom. The zero-order valence-corrected chi connectivity index (χ0v) is 15.8. The van der Waals surface area contributed by atoms with Gasteiger partial charge in [0.05, 0.1) is 5.56 Å². The molecule has 152 valence electrons. The largest absolute Gasteiger partial charge is 0.423 e. The number of carbonyl (C=O) groups is 1. The molecule has 0 radical (unpaired) electrons. The zero-order chi connectivity index (χ0) is 20.6. The summed E-state index contributed by atoms with van der Waals surface area (Å²) < 4.78 is 45.0. The molecule has 1 saturated heterocycles. The van der Waals surface area contributed by atoms with E-state index in [1.165, 1.54) is 19.1 Å². The quantitative estimate of drug-likeness (QED) is 0.668. The summed E-state index contributed by atoms with van der Waals surface area (Å²) in [5.41, 5.74) is 1.04. The van der Waals surface area contributed by atoms with Gasteiger partial charge in [0.2, 0.25) is 5.91 Å². The number of fused-ring (bicyclic) bond motifs is 1. The van der Waals surface area contributed by atoms with Crippen molar-refractivity contribution in [3.8, 4) is 0 Å². The van der Waals surface area contributed by atoms with Crippen LogP contribution in [0.3, 0.4) is 0 Å². The average molecular weight is 403 g/mol. The third-order valence-electron chi connectivity index (χ3n) is 5.23. The third kappa shape index (κ3) is 4.06. The van der Waals surface area contributed by atoms with E-state index < -0.39 is 11.7 Å². The van der Waals surface area contributed by atoms with Gasteiger partial charge in [-0.15, -0.1) is 0 Å². The fourth-order valence-electron chi connectivity index (χ4n) is 3.58. The first-order valence-corrected chi connectivity index (χ1v) is 9.40. The maximum absolute atomic E-state index is 13.1. The first kappa shape index (κ1) is 19.3. The highest BCUT2D eigenvalue weighted by atomic mass is 19.4. The number of piperidine rings is 1. The van der Waals surface area contributed by atoms with Crippen LogP contribution in [0.5, 0.6) is 0 Å². The van der Waals surface area contributed by atoms with E-state index in [0.29, 0.717) is 37.5 Å². The van der Waals surface area contributed by atoms with Gasteiger partial charge >= 0.3 is 6.18 Å². The van der Waals surface area contributed by atoms with Gasteiger partial charge in [0.15, 0.2) is 5.58 Å². The summed E-state index contributed by atoms with van der Waals surface area (Å²) in [5.74, 6) is -0.537. The summed E-state index contributed by atoms with van der Waals surface area (Å²) in [6.07, 6.45) is -3.30. The number of alkyl halides is 3. The zero-order valence-electron chi connectivity index (χ0n) is 15.8. The number of oxazole rings is 1. The summed E-state index contributed by atoms with van der Waals surface area (Å²) >= 11 is 0. The van der Waals surface area contributed by atoms with Crippen LogP contribution in [0.25, 0.3) is 11.1 Å². The Bertz CT molecular complexity index is 1000. The van der Waals surface area contributed by atoms with E-state index in [1.807, 2.05) is 29.2 Å². The monoisotopic (exact) mass is 403 g/mol. The Morgan fingerprint density at radius 1 is 1.17 bits per heavy atom. The predicted molar refractivity (Wildman–Crippen MR) is 104 cm³/mol. The number of carbonyl (C=O) groups excluding carboxylic acids is 1. The molecule has 0 spiro atoms. The number of amides is 1. The van der Waals surface area contributed by atoms with E-state index in [9.17, 15) is 18.0 Å². The summed E-state index contributed by atoms with van der Waals surface area (Å²) in [5, 5.41) is 2.63. The van der Waals surface area contributed by atoms with Crippen molar-refractivity contribution in [3.63, 3.8) is 0 Å². The molecule has 1 amide bonds. The lowest BCUT2D eigenvalue weighted by molar-refractivity contribution is -0.138. The van der Waals surface area contributed by atoms with Gasteiger partial charge in [-0.1, -0.05) is 18.2 Å². The molecule has 2 aromatic carbocycles. The van der Waals surface area contributed by atoms with Crippen molar-refractivity contribution < 1.29 is 22.4 Å². The van der Waals surface area contributed by atoms with Crippen LogP contribution >= 0.6 is 0 Å². The van der Waals surface area contributed by atoms with Gasteiger partial charge in [0, 0.05) is 24.7 Å². The fraction of sp³-hybridized carbons (Fsp3) is 0.333. The van der Waals surface area contributed by atoms with Gasteiger partial charge in [-0.3, -0.25) is 4.79 Å². The van der Waals surface area contributed by atoms with Crippen molar-refractivity contribution >= 4 is 28.7 Å². The summed E-state index contributed by atoms with van der Waals surface area (Å²) in [6.45, 7) is 2.58. The van der Waals surface area contributed by atoms with Crippen molar-refractivity contribution in [2.75, 3.05) is 23.3 Å². The molecule has 29 heavy (non-hydrogen) atoms. The molecule has 1 aromatic heterocycles. The van der Waals surface area contributed by atoms with E-state index in [4.69, 9.17) is 4.42 Å². The second kappa shape index (κ2) is 7.42. The number of aryl methyl sites for hydroxylation is 1. The molecule has 1 aliphatic heterocycles. The predicted octanol–water partition coefficient (Wildman–Crippen LogP) is 5.01. The van der Waals surface area contributed by atoms with Crippen LogP contribution in [0, 0.1) is 12.8 Å². The Balaban J connectivity index is 1.39. The van der Waals surface area contributed by atoms with Crippen LogP contribution in [0.15, 0.2) is 46.9 Å². The highest BCUT2D eigenvalue weighted by Crippen LogP contribution is 2.34. The molecule has 1 fully saturated rings. The van der Waals surface area contributed by atoms with Gasteiger partial charge in [-0.2, -0.15) is 18.2 Å². The molecule has 0 unspecified atom stereocenters. The van der Waals surface area contributed by atoms with Crippen molar-refractivity contribution in [1.29, 1.82) is 0 Å². The number of hydrogen-bond acceptors (Lipinski definition) is 4. The Kier molecular flexibility index (Phi) is 4.94. The minimum atomic E-state index is -4.45. The molecule has 0 bridgehead atoms. The lowest BCUT2D eigenvalue weighted by Crippen LogP contribution is -2.38. The minimum absolute atomic E-state index is 0.127. The van der Waals surface area contributed by atoms with E-state index >= 15 is 0 Å². The molecule has 3 aromatic rings. The molecule has 2 heterocycles. The van der Waals surface area contributed by atoms with Crippen LogP contribution in [0.4, 0.5) is 24.9 Å². The van der Waals surface area contributed by atoms with Crippen LogP contribution in [0.2, 0.25) is 0 Å². The van der Waals surface area contributed by atoms with E-state index in [-0.39, 0.29) is 23.1 Å². The number of nitrogens with one attached hydrogen (secondary N) is 1. The standard InChI is InChI=1S/C21H20F3N3O2/c1-13-6-7-15(12-16(13)21(22,23)24)25-19(28)14-8-10-27(11-9-14)20-26-17-4-2-3-5-18(17)29-20/h2-7,12,14H,8-11H2,1H3,(H,25,28). The molecule has 5 nitrogen and oxygen atoms in total. The summed E-state index contributed by atoms with van der Waals surface area (Å²) in [7, 11) is 0.